The number of esters is 1. The minimum atomic E-state index is -3.65. The number of aromatic amines is 1. The molecule has 1 N–H and O–H groups in total. The van der Waals surface area contributed by atoms with E-state index >= 15 is 0 Å². The normalized spacial score (nSPS) is 16.0. The van der Waals surface area contributed by atoms with Crippen LogP contribution in [0.5, 0.6) is 0 Å². The summed E-state index contributed by atoms with van der Waals surface area (Å²) >= 11 is 0. The molecule has 0 atom stereocenters. The van der Waals surface area contributed by atoms with Crippen LogP contribution < -0.4 is 0 Å². The molecular formula is C17H20N4O5S. The van der Waals surface area contributed by atoms with E-state index in [4.69, 9.17) is 0 Å². The number of ether oxygens (including phenoxy) is 1. The van der Waals surface area contributed by atoms with E-state index in [9.17, 15) is 18.0 Å². The summed E-state index contributed by atoms with van der Waals surface area (Å²) < 4.78 is 31.2. The average Bonchev–Trinajstić information content (AvgIpc) is 3.12. The monoisotopic (exact) mass is 392 g/mol. The van der Waals surface area contributed by atoms with Gasteiger partial charge in [0.05, 0.1) is 25.2 Å². The summed E-state index contributed by atoms with van der Waals surface area (Å²) in [4.78, 5) is 32.2. The van der Waals surface area contributed by atoms with E-state index in [1.54, 1.807) is 17.0 Å². The topological polar surface area (TPSA) is 113 Å². The van der Waals surface area contributed by atoms with Crippen LogP contribution in [0.15, 0.2) is 41.8 Å². The third-order valence-electron chi connectivity index (χ3n) is 4.39. The highest BCUT2D eigenvalue weighted by Gasteiger charge is 2.29. The zero-order valence-corrected chi connectivity index (χ0v) is 15.6. The van der Waals surface area contributed by atoms with Gasteiger partial charge in [0, 0.05) is 31.7 Å². The largest absolute Gasteiger partial charge is 0.465 e. The van der Waals surface area contributed by atoms with E-state index < -0.39 is 16.0 Å². The SMILES string of the molecule is COC(=O)c1ccc(C(=O)N2CCCN(S(=O)(=O)c3cnc[nH]3)CC2)cc1. The summed E-state index contributed by atoms with van der Waals surface area (Å²) in [6.45, 7) is 1.26. The fourth-order valence-corrected chi connectivity index (χ4v) is 4.28. The summed E-state index contributed by atoms with van der Waals surface area (Å²) in [5.74, 6) is -0.671. The molecule has 0 unspecified atom stereocenters. The summed E-state index contributed by atoms with van der Waals surface area (Å²) in [7, 11) is -2.35. The van der Waals surface area contributed by atoms with Crippen molar-refractivity contribution in [2.75, 3.05) is 33.3 Å². The van der Waals surface area contributed by atoms with Crippen molar-refractivity contribution in [1.29, 1.82) is 0 Å². The van der Waals surface area contributed by atoms with E-state index in [2.05, 4.69) is 14.7 Å². The van der Waals surface area contributed by atoms with Gasteiger partial charge in [0.15, 0.2) is 5.03 Å². The van der Waals surface area contributed by atoms with Gasteiger partial charge in [-0.3, -0.25) is 4.79 Å². The van der Waals surface area contributed by atoms with E-state index in [1.165, 1.54) is 36.1 Å². The molecular weight excluding hydrogens is 372 g/mol. The van der Waals surface area contributed by atoms with Gasteiger partial charge >= 0.3 is 5.97 Å². The molecule has 0 radical (unpaired) electrons. The first-order valence-electron chi connectivity index (χ1n) is 8.39. The third-order valence-corrected chi connectivity index (χ3v) is 6.21. The van der Waals surface area contributed by atoms with Gasteiger partial charge in [-0.1, -0.05) is 0 Å². The van der Waals surface area contributed by atoms with Gasteiger partial charge in [-0.2, -0.15) is 4.31 Å². The van der Waals surface area contributed by atoms with Crippen molar-refractivity contribution in [2.24, 2.45) is 0 Å². The first-order valence-corrected chi connectivity index (χ1v) is 9.83. The fraction of sp³-hybridized carbons (Fsp3) is 0.353. The van der Waals surface area contributed by atoms with Crippen molar-refractivity contribution in [1.82, 2.24) is 19.2 Å². The number of imidazole rings is 1. The second-order valence-corrected chi connectivity index (χ2v) is 7.94. The highest BCUT2D eigenvalue weighted by atomic mass is 32.2. The van der Waals surface area contributed by atoms with Gasteiger partial charge in [-0.25, -0.2) is 18.2 Å². The molecule has 2 heterocycles. The summed E-state index contributed by atoms with van der Waals surface area (Å²) in [6, 6.07) is 6.20. The van der Waals surface area contributed by atoms with Gasteiger partial charge in [-0.05, 0) is 30.7 Å². The lowest BCUT2D eigenvalue weighted by atomic mass is 10.1. The Hall–Kier alpha value is -2.72. The molecule has 27 heavy (non-hydrogen) atoms. The highest BCUT2D eigenvalue weighted by Crippen LogP contribution is 2.17. The first-order chi connectivity index (χ1) is 12.9. The second-order valence-electron chi connectivity index (χ2n) is 6.03. The maximum absolute atomic E-state index is 12.7. The Kier molecular flexibility index (Phi) is 5.57. The van der Waals surface area contributed by atoms with E-state index in [1.807, 2.05) is 0 Å². The summed E-state index contributed by atoms with van der Waals surface area (Å²) in [5, 5.41) is 0.0423. The summed E-state index contributed by atoms with van der Waals surface area (Å²) in [6.07, 6.45) is 3.11. The number of methoxy groups -OCH3 is 1. The molecule has 0 bridgehead atoms. The minimum Gasteiger partial charge on any atom is -0.465 e. The van der Waals surface area contributed by atoms with Gasteiger partial charge < -0.3 is 14.6 Å². The van der Waals surface area contributed by atoms with Crippen molar-refractivity contribution in [3.63, 3.8) is 0 Å². The van der Waals surface area contributed by atoms with E-state index in [0.717, 1.165) is 0 Å². The predicted molar refractivity (Wildman–Crippen MR) is 95.6 cm³/mol. The van der Waals surface area contributed by atoms with Crippen LogP contribution >= 0.6 is 0 Å². The Labute approximate surface area is 157 Å². The van der Waals surface area contributed by atoms with Crippen molar-refractivity contribution in [3.8, 4) is 0 Å². The molecule has 9 nitrogen and oxygen atoms in total. The van der Waals surface area contributed by atoms with Crippen LogP contribution in [-0.4, -0.2) is 72.8 Å². The quantitative estimate of drug-likeness (QED) is 0.768. The number of sulfonamides is 1. The van der Waals surface area contributed by atoms with Crippen LogP contribution in [0.4, 0.5) is 0 Å². The number of nitrogens with one attached hydrogen (secondary N) is 1. The molecule has 1 aromatic carbocycles. The summed E-state index contributed by atoms with van der Waals surface area (Å²) in [5.41, 5.74) is 0.800. The molecule has 0 aliphatic carbocycles. The van der Waals surface area contributed by atoms with E-state index in [0.29, 0.717) is 30.6 Å². The van der Waals surface area contributed by atoms with Crippen molar-refractivity contribution in [3.05, 3.63) is 47.9 Å². The fourth-order valence-electron chi connectivity index (χ4n) is 2.91. The van der Waals surface area contributed by atoms with Crippen LogP contribution in [0.2, 0.25) is 0 Å². The molecule has 1 amide bonds. The molecule has 0 spiro atoms. The van der Waals surface area contributed by atoms with Gasteiger partial charge in [0.2, 0.25) is 0 Å². The Bertz CT molecular complexity index is 909. The lowest BCUT2D eigenvalue weighted by Gasteiger charge is -2.21. The van der Waals surface area contributed by atoms with E-state index in [-0.39, 0.29) is 24.0 Å². The number of rotatable bonds is 4. The highest BCUT2D eigenvalue weighted by molar-refractivity contribution is 7.89. The Balaban J connectivity index is 1.69. The maximum atomic E-state index is 12.7. The van der Waals surface area contributed by atoms with Crippen molar-refractivity contribution >= 4 is 21.9 Å². The molecule has 1 aliphatic heterocycles. The standard InChI is InChI=1S/C17H20N4O5S/c1-26-17(23)14-5-3-13(4-6-14)16(22)20-7-2-8-21(10-9-20)27(24,25)15-11-18-12-19-15/h3-6,11-12H,2,7-10H2,1H3,(H,18,19). The molecule has 1 fully saturated rings. The molecule has 1 saturated heterocycles. The maximum Gasteiger partial charge on any atom is 0.337 e. The van der Waals surface area contributed by atoms with Gasteiger partial charge in [0.25, 0.3) is 15.9 Å². The van der Waals surface area contributed by atoms with Crippen LogP contribution in [0.25, 0.3) is 0 Å². The number of carbonyl (C=O) groups excluding carboxylic acids is 2. The molecule has 10 heteroatoms. The zero-order valence-electron chi connectivity index (χ0n) is 14.8. The number of benzene rings is 1. The first kappa shape index (κ1) is 19.1. The van der Waals surface area contributed by atoms with Crippen LogP contribution in [0.1, 0.15) is 27.1 Å². The number of aromatic nitrogens is 2. The van der Waals surface area contributed by atoms with Crippen molar-refractivity contribution < 1.29 is 22.7 Å². The Morgan fingerprint density at radius 3 is 2.41 bits per heavy atom. The van der Waals surface area contributed by atoms with Crippen molar-refractivity contribution in [2.45, 2.75) is 11.4 Å². The molecule has 144 valence electrons. The number of carbonyl (C=O) groups is 2. The molecule has 1 aliphatic rings. The third kappa shape index (κ3) is 4.01. The smallest absolute Gasteiger partial charge is 0.337 e. The second kappa shape index (κ2) is 7.89. The number of hydrogen-bond acceptors (Lipinski definition) is 6. The Morgan fingerprint density at radius 1 is 1.07 bits per heavy atom. The molecule has 0 saturated carbocycles. The lowest BCUT2D eigenvalue weighted by Crippen LogP contribution is -2.37. The number of hydrogen-bond donors (Lipinski definition) is 1. The predicted octanol–water partition coefficient (Wildman–Crippen LogP) is 0.733. The zero-order chi connectivity index (χ0) is 19.4. The molecule has 1 aromatic heterocycles. The van der Waals surface area contributed by atoms with Crippen LogP contribution in [-0.2, 0) is 14.8 Å². The van der Waals surface area contributed by atoms with Gasteiger partial charge in [-0.15, -0.1) is 0 Å². The molecule has 2 aromatic rings. The number of amides is 1. The molecule has 3 rings (SSSR count). The minimum absolute atomic E-state index is 0.0423. The van der Waals surface area contributed by atoms with Crippen LogP contribution in [0.3, 0.4) is 0 Å². The average molecular weight is 392 g/mol. The lowest BCUT2D eigenvalue weighted by molar-refractivity contribution is 0.0599. The van der Waals surface area contributed by atoms with Gasteiger partial charge in [0.1, 0.15) is 0 Å². The Morgan fingerprint density at radius 2 is 1.78 bits per heavy atom. The number of nitrogens with zero attached hydrogens (tertiary/aromatic N) is 3. The van der Waals surface area contributed by atoms with Crippen LogP contribution in [0, 0.1) is 0 Å². The number of H-pyrrole nitrogens is 1.